The number of hydrogen-bond donors (Lipinski definition) is 2. The van der Waals surface area contributed by atoms with Crippen molar-refractivity contribution < 1.29 is 4.39 Å². The van der Waals surface area contributed by atoms with Gasteiger partial charge in [0.1, 0.15) is 11.6 Å². The minimum absolute atomic E-state index is 0.312. The summed E-state index contributed by atoms with van der Waals surface area (Å²) < 4.78 is 13.7. The standard InChI is InChI=1S/C16H19FN4/c1-11-10-15(19-12-6-2-3-7-12)21-16(18-11)20-14-9-5-4-8-13(14)17/h4-5,8-10,12H,2-3,6-7H2,1H3,(H2,18,19,20,21). The van der Waals surface area contributed by atoms with Gasteiger partial charge in [-0.2, -0.15) is 4.98 Å². The van der Waals surface area contributed by atoms with Crippen LogP contribution in [0.2, 0.25) is 0 Å². The van der Waals surface area contributed by atoms with Gasteiger partial charge in [0.25, 0.3) is 0 Å². The Bertz CT molecular complexity index is 623. The van der Waals surface area contributed by atoms with Gasteiger partial charge >= 0.3 is 0 Å². The second-order valence-corrected chi connectivity index (χ2v) is 5.45. The molecular formula is C16H19FN4. The van der Waals surface area contributed by atoms with E-state index < -0.39 is 0 Å². The molecule has 0 radical (unpaired) electrons. The molecule has 1 heterocycles. The number of anilines is 3. The molecule has 0 bridgehead atoms. The zero-order chi connectivity index (χ0) is 14.7. The van der Waals surface area contributed by atoms with E-state index in [0.29, 0.717) is 17.7 Å². The molecule has 1 aliphatic carbocycles. The van der Waals surface area contributed by atoms with Crippen LogP contribution in [0.3, 0.4) is 0 Å². The largest absolute Gasteiger partial charge is 0.367 e. The molecule has 110 valence electrons. The summed E-state index contributed by atoms with van der Waals surface area (Å²) in [5.74, 6) is 0.904. The van der Waals surface area contributed by atoms with Crippen LogP contribution in [0.1, 0.15) is 31.4 Å². The highest BCUT2D eigenvalue weighted by Crippen LogP contribution is 2.23. The molecule has 5 heteroatoms. The third-order valence-electron chi connectivity index (χ3n) is 3.68. The van der Waals surface area contributed by atoms with Crippen molar-refractivity contribution in [1.82, 2.24) is 9.97 Å². The van der Waals surface area contributed by atoms with E-state index in [1.54, 1.807) is 18.2 Å². The minimum Gasteiger partial charge on any atom is -0.367 e. The number of aromatic nitrogens is 2. The van der Waals surface area contributed by atoms with Crippen LogP contribution in [0.25, 0.3) is 0 Å². The highest BCUT2D eigenvalue weighted by atomic mass is 19.1. The molecule has 1 aliphatic rings. The van der Waals surface area contributed by atoms with E-state index in [4.69, 9.17) is 0 Å². The van der Waals surface area contributed by atoms with Gasteiger partial charge in [-0.1, -0.05) is 25.0 Å². The molecule has 0 aliphatic heterocycles. The average molecular weight is 286 g/mol. The summed E-state index contributed by atoms with van der Waals surface area (Å²) in [6.45, 7) is 1.91. The van der Waals surface area contributed by atoms with Crippen LogP contribution >= 0.6 is 0 Å². The fourth-order valence-electron chi connectivity index (χ4n) is 2.66. The SMILES string of the molecule is Cc1cc(NC2CCCC2)nc(Nc2ccccc2F)n1. The fourth-order valence-corrected chi connectivity index (χ4v) is 2.66. The number of aryl methyl sites for hydroxylation is 1. The molecule has 1 saturated carbocycles. The Labute approximate surface area is 123 Å². The zero-order valence-corrected chi connectivity index (χ0v) is 12.1. The number of para-hydroxylation sites is 1. The molecule has 0 saturated heterocycles. The average Bonchev–Trinajstić information content (AvgIpc) is 2.93. The van der Waals surface area contributed by atoms with Crippen LogP contribution < -0.4 is 10.6 Å². The number of rotatable bonds is 4. The van der Waals surface area contributed by atoms with Gasteiger partial charge in [-0.15, -0.1) is 0 Å². The van der Waals surface area contributed by atoms with Crippen molar-refractivity contribution in [3.8, 4) is 0 Å². The maximum atomic E-state index is 13.7. The van der Waals surface area contributed by atoms with Crippen LogP contribution in [0.5, 0.6) is 0 Å². The van der Waals surface area contributed by atoms with Crippen molar-refractivity contribution in [2.45, 2.75) is 38.6 Å². The number of nitrogens with one attached hydrogen (secondary N) is 2. The quantitative estimate of drug-likeness (QED) is 0.891. The van der Waals surface area contributed by atoms with E-state index in [2.05, 4.69) is 20.6 Å². The van der Waals surface area contributed by atoms with Crippen LogP contribution in [-0.4, -0.2) is 16.0 Å². The first-order valence-electron chi connectivity index (χ1n) is 7.34. The number of benzene rings is 1. The highest BCUT2D eigenvalue weighted by molar-refractivity contribution is 5.56. The summed E-state index contributed by atoms with van der Waals surface area (Å²) >= 11 is 0. The fraction of sp³-hybridized carbons (Fsp3) is 0.375. The molecule has 2 N–H and O–H groups in total. The summed E-state index contributed by atoms with van der Waals surface area (Å²) in [6.07, 6.45) is 4.89. The Morgan fingerprint density at radius 3 is 2.67 bits per heavy atom. The summed E-state index contributed by atoms with van der Waals surface area (Å²) in [6, 6.07) is 8.93. The van der Waals surface area contributed by atoms with Crippen molar-refractivity contribution in [2.24, 2.45) is 0 Å². The van der Waals surface area contributed by atoms with Crippen molar-refractivity contribution in [3.63, 3.8) is 0 Å². The molecule has 1 aromatic carbocycles. The normalized spacial score (nSPS) is 15.1. The first kappa shape index (κ1) is 13.8. The van der Waals surface area contributed by atoms with Gasteiger partial charge in [-0.25, -0.2) is 9.37 Å². The number of halogens is 1. The Hall–Kier alpha value is -2.17. The first-order chi connectivity index (χ1) is 10.2. The predicted molar refractivity (Wildman–Crippen MR) is 82.3 cm³/mol. The lowest BCUT2D eigenvalue weighted by atomic mass is 10.2. The summed E-state index contributed by atoms with van der Waals surface area (Å²) in [4.78, 5) is 8.75. The Morgan fingerprint density at radius 1 is 1.14 bits per heavy atom. The van der Waals surface area contributed by atoms with Gasteiger partial charge in [-0.05, 0) is 31.9 Å². The lowest BCUT2D eigenvalue weighted by Crippen LogP contribution is -2.16. The summed E-state index contributed by atoms with van der Waals surface area (Å²) in [5, 5.41) is 6.38. The maximum absolute atomic E-state index is 13.7. The van der Waals surface area contributed by atoms with Gasteiger partial charge < -0.3 is 10.6 Å². The van der Waals surface area contributed by atoms with Crippen LogP contribution in [0.4, 0.5) is 21.8 Å². The maximum Gasteiger partial charge on any atom is 0.229 e. The molecule has 1 fully saturated rings. The van der Waals surface area contributed by atoms with Gasteiger partial charge in [0.15, 0.2) is 0 Å². The van der Waals surface area contributed by atoms with Crippen molar-refractivity contribution in [3.05, 3.63) is 41.8 Å². The molecule has 4 nitrogen and oxygen atoms in total. The van der Waals surface area contributed by atoms with Crippen molar-refractivity contribution in [2.75, 3.05) is 10.6 Å². The molecule has 21 heavy (non-hydrogen) atoms. The Kier molecular flexibility index (Phi) is 3.99. The van der Waals surface area contributed by atoms with E-state index >= 15 is 0 Å². The van der Waals surface area contributed by atoms with E-state index in [9.17, 15) is 4.39 Å². The third-order valence-corrected chi connectivity index (χ3v) is 3.68. The topological polar surface area (TPSA) is 49.8 Å². The molecule has 2 aromatic rings. The lowest BCUT2D eigenvalue weighted by Gasteiger charge is -2.14. The van der Waals surface area contributed by atoms with E-state index in [1.165, 1.54) is 31.7 Å². The predicted octanol–water partition coefficient (Wildman–Crippen LogP) is 4.02. The third kappa shape index (κ3) is 3.48. The van der Waals surface area contributed by atoms with E-state index in [1.807, 2.05) is 13.0 Å². The van der Waals surface area contributed by atoms with Gasteiger partial charge in [0.05, 0.1) is 5.69 Å². The number of nitrogens with zero attached hydrogens (tertiary/aromatic N) is 2. The molecule has 1 aromatic heterocycles. The van der Waals surface area contributed by atoms with Crippen molar-refractivity contribution in [1.29, 1.82) is 0 Å². The minimum atomic E-state index is -0.312. The van der Waals surface area contributed by atoms with E-state index in [0.717, 1.165) is 11.5 Å². The summed E-state index contributed by atoms with van der Waals surface area (Å²) in [7, 11) is 0. The van der Waals surface area contributed by atoms with Crippen LogP contribution in [0, 0.1) is 12.7 Å². The smallest absolute Gasteiger partial charge is 0.229 e. The van der Waals surface area contributed by atoms with Crippen LogP contribution in [0.15, 0.2) is 30.3 Å². The monoisotopic (exact) mass is 286 g/mol. The van der Waals surface area contributed by atoms with Gasteiger partial charge in [0.2, 0.25) is 5.95 Å². The first-order valence-corrected chi connectivity index (χ1v) is 7.34. The molecule has 0 spiro atoms. The molecule has 3 rings (SSSR count). The number of hydrogen-bond acceptors (Lipinski definition) is 4. The molecule has 0 atom stereocenters. The van der Waals surface area contributed by atoms with Crippen molar-refractivity contribution >= 4 is 17.5 Å². The Balaban J connectivity index is 1.79. The molecule has 0 amide bonds. The molecular weight excluding hydrogens is 267 g/mol. The lowest BCUT2D eigenvalue weighted by molar-refractivity contribution is 0.631. The highest BCUT2D eigenvalue weighted by Gasteiger charge is 2.15. The second kappa shape index (κ2) is 6.08. The second-order valence-electron chi connectivity index (χ2n) is 5.45. The zero-order valence-electron chi connectivity index (χ0n) is 12.1. The summed E-state index contributed by atoms with van der Waals surface area (Å²) in [5.41, 5.74) is 1.24. The molecule has 0 unspecified atom stereocenters. The van der Waals surface area contributed by atoms with Crippen LogP contribution in [-0.2, 0) is 0 Å². The van der Waals surface area contributed by atoms with E-state index in [-0.39, 0.29) is 5.82 Å². The van der Waals surface area contributed by atoms with Gasteiger partial charge in [0, 0.05) is 17.8 Å². The van der Waals surface area contributed by atoms with Gasteiger partial charge in [-0.3, -0.25) is 0 Å². The Morgan fingerprint density at radius 2 is 1.90 bits per heavy atom.